The molecule has 1 aliphatic rings. The number of hydrogen-bond donors (Lipinski definition) is 0. The fourth-order valence-electron chi connectivity index (χ4n) is 1.15. The molecule has 0 saturated heterocycles. The third-order valence-corrected chi connectivity index (χ3v) is 1.68. The van der Waals surface area contributed by atoms with Crippen LogP contribution in [0.1, 0.15) is 0 Å². The van der Waals surface area contributed by atoms with E-state index >= 15 is 0 Å². The van der Waals surface area contributed by atoms with E-state index < -0.39 is 7.25 Å². The van der Waals surface area contributed by atoms with Crippen molar-refractivity contribution in [2.75, 3.05) is 13.1 Å². The number of halogens is 4. The van der Waals surface area contributed by atoms with Crippen LogP contribution in [0.3, 0.4) is 0 Å². The third-order valence-electron chi connectivity index (χ3n) is 1.68. The molecule has 0 N–H and O–H groups in total. The van der Waals surface area contributed by atoms with Crippen molar-refractivity contribution in [3.63, 3.8) is 0 Å². The Morgan fingerprint density at radius 2 is 1.56 bits per heavy atom. The molecule has 0 bridgehead atoms. The first-order chi connectivity index (χ1) is 7.33. The number of quaternary nitrogens is 1. The van der Waals surface area contributed by atoms with Gasteiger partial charge in [0.05, 0.1) is 6.20 Å². The first-order valence-corrected chi connectivity index (χ1v) is 4.50. The predicted molar refractivity (Wildman–Crippen MR) is 58.2 cm³/mol. The number of rotatable bonds is 4. The summed E-state index contributed by atoms with van der Waals surface area (Å²) in [5.74, 6) is 0. The molecule has 0 aliphatic carbocycles. The maximum absolute atomic E-state index is 9.75. The van der Waals surface area contributed by atoms with Crippen LogP contribution in [-0.4, -0.2) is 31.2 Å². The van der Waals surface area contributed by atoms with E-state index in [2.05, 4.69) is 18.2 Å². The summed E-state index contributed by atoms with van der Waals surface area (Å²) in [6.07, 6.45) is 9.55. The smallest absolute Gasteiger partial charge is 0.418 e. The Bertz CT molecular complexity index is 266. The van der Waals surface area contributed by atoms with Crippen molar-refractivity contribution < 1.29 is 21.7 Å². The summed E-state index contributed by atoms with van der Waals surface area (Å²) in [5, 5.41) is 0. The molecule has 1 aliphatic heterocycles. The molecular formula is C9H13BF4N2. The Morgan fingerprint density at radius 1 is 1.12 bits per heavy atom. The van der Waals surface area contributed by atoms with Crippen molar-refractivity contribution in [2.24, 2.45) is 4.99 Å². The van der Waals surface area contributed by atoms with E-state index in [1.165, 1.54) is 0 Å². The number of hydrogen-bond acceptors (Lipinski definition) is 1. The van der Waals surface area contributed by atoms with Gasteiger partial charge in [-0.15, -0.1) is 0 Å². The van der Waals surface area contributed by atoms with Crippen LogP contribution in [-0.2, 0) is 0 Å². The summed E-state index contributed by atoms with van der Waals surface area (Å²) in [5.41, 5.74) is 0. The molecule has 2 nitrogen and oxygen atoms in total. The van der Waals surface area contributed by atoms with Gasteiger partial charge in [-0.25, -0.2) is 9.48 Å². The molecule has 0 atom stereocenters. The molecule has 0 amide bonds. The van der Waals surface area contributed by atoms with Gasteiger partial charge in [-0.3, -0.25) is 0 Å². The normalized spacial score (nSPS) is 16.5. The van der Waals surface area contributed by atoms with E-state index in [0.717, 1.165) is 17.6 Å². The van der Waals surface area contributed by atoms with Gasteiger partial charge in [0.15, 0.2) is 6.34 Å². The van der Waals surface area contributed by atoms with Crippen molar-refractivity contribution in [1.82, 2.24) is 0 Å². The van der Waals surface area contributed by atoms with Gasteiger partial charge < -0.3 is 17.3 Å². The average molecular weight is 236 g/mol. The van der Waals surface area contributed by atoms with Crippen molar-refractivity contribution in [3.8, 4) is 0 Å². The fraction of sp³-hybridized carbons (Fsp3) is 0.222. The highest BCUT2D eigenvalue weighted by molar-refractivity contribution is 6.50. The van der Waals surface area contributed by atoms with Gasteiger partial charge in [0.25, 0.3) is 0 Å². The molecule has 0 aromatic rings. The van der Waals surface area contributed by atoms with Crippen molar-refractivity contribution in [3.05, 3.63) is 37.7 Å². The van der Waals surface area contributed by atoms with Crippen LogP contribution in [0.15, 0.2) is 42.7 Å². The maximum atomic E-state index is 9.75. The van der Waals surface area contributed by atoms with Crippen LogP contribution in [0.2, 0.25) is 0 Å². The summed E-state index contributed by atoms with van der Waals surface area (Å²) in [6, 6.07) is 0. The summed E-state index contributed by atoms with van der Waals surface area (Å²) in [6.45, 7) is 9.17. The molecule has 16 heavy (non-hydrogen) atoms. The first-order valence-electron chi connectivity index (χ1n) is 4.50. The minimum atomic E-state index is -6.00. The van der Waals surface area contributed by atoms with Crippen LogP contribution in [0.5, 0.6) is 0 Å². The van der Waals surface area contributed by atoms with E-state index in [9.17, 15) is 17.3 Å². The molecule has 7 heteroatoms. The lowest BCUT2D eigenvalue weighted by atomic mass is 10.3. The number of nitrogens with zero attached hydrogens (tertiary/aromatic N) is 2. The second kappa shape index (κ2) is 6.27. The topological polar surface area (TPSA) is 12.4 Å². The third kappa shape index (κ3) is 7.00. The van der Waals surface area contributed by atoms with Gasteiger partial charge in [0.1, 0.15) is 19.3 Å². The number of aliphatic imine (C=N–C) groups is 1. The molecule has 0 aromatic heterocycles. The molecule has 90 valence electrons. The van der Waals surface area contributed by atoms with Crippen molar-refractivity contribution >= 4 is 13.6 Å². The highest BCUT2D eigenvalue weighted by atomic mass is 19.5. The molecule has 0 unspecified atom stereocenters. The van der Waals surface area contributed by atoms with Gasteiger partial charge in [0, 0.05) is 0 Å². The Morgan fingerprint density at radius 3 is 1.81 bits per heavy atom. The van der Waals surface area contributed by atoms with E-state index in [0.29, 0.717) is 0 Å². The Balaban J connectivity index is 0.000000385. The van der Waals surface area contributed by atoms with Gasteiger partial charge >= 0.3 is 7.25 Å². The zero-order valence-electron chi connectivity index (χ0n) is 8.70. The highest BCUT2D eigenvalue weighted by Gasteiger charge is 2.21. The minimum Gasteiger partial charge on any atom is -0.418 e. The molecule has 1 heterocycles. The quantitative estimate of drug-likeness (QED) is 0.308. The minimum absolute atomic E-state index is 0.729. The summed E-state index contributed by atoms with van der Waals surface area (Å²) in [4.78, 5) is 4.05. The highest BCUT2D eigenvalue weighted by Crippen LogP contribution is 2.10. The maximum Gasteiger partial charge on any atom is 0.673 e. The molecule has 1 rings (SSSR count). The summed E-state index contributed by atoms with van der Waals surface area (Å²) in [7, 11) is -6.00. The molecule has 0 fully saturated rings. The zero-order chi connectivity index (χ0) is 12.7. The molecule has 0 spiro atoms. The van der Waals surface area contributed by atoms with Gasteiger partial charge in [-0.2, -0.15) is 0 Å². The summed E-state index contributed by atoms with van der Waals surface area (Å²) < 4.78 is 39.7. The molecule has 0 saturated carbocycles. The molecule has 0 radical (unpaired) electrons. The Labute approximate surface area is 92.0 Å². The lowest BCUT2D eigenvalue weighted by molar-refractivity contribution is -0.765. The Kier molecular flexibility index (Phi) is 5.73. The predicted octanol–water partition coefficient (Wildman–Crippen LogP) is 2.99. The van der Waals surface area contributed by atoms with Crippen LogP contribution in [0.4, 0.5) is 17.3 Å². The lowest BCUT2D eigenvalue weighted by Crippen LogP contribution is -2.39. The second-order valence-electron chi connectivity index (χ2n) is 3.10. The largest absolute Gasteiger partial charge is 0.673 e. The van der Waals surface area contributed by atoms with Crippen LogP contribution in [0.25, 0.3) is 0 Å². The zero-order valence-corrected chi connectivity index (χ0v) is 8.70. The van der Waals surface area contributed by atoms with Gasteiger partial charge in [0.2, 0.25) is 0 Å². The van der Waals surface area contributed by atoms with Crippen LogP contribution in [0, 0.1) is 0 Å². The van der Waals surface area contributed by atoms with E-state index in [1.807, 2.05) is 30.9 Å². The second-order valence-corrected chi connectivity index (χ2v) is 3.10. The van der Waals surface area contributed by atoms with E-state index in [1.54, 1.807) is 0 Å². The molecule has 0 aromatic carbocycles. The standard InChI is InChI=1S/C9H13N2.BF4/c1-3-6-11(7-4-2)8-5-10-9-11;2-1(3,4)5/h3-5,8-9H,1-2,6-7H2;/q+1;-1. The van der Waals surface area contributed by atoms with Gasteiger partial charge in [-0.05, 0) is 12.2 Å². The SMILES string of the molecule is C=CC[N+]1(CC=C)C=CN=C1.F[B-](F)(F)F. The van der Waals surface area contributed by atoms with Crippen molar-refractivity contribution in [2.45, 2.75) is 0 Å². The average Bonchev–Trinajstić information content (AvgIpc) is 2.51. The van der Waals surface area contributed by atoms with Crippen LogP contribution < -0.4 is 0 Å². The van der Waals surface area contributed by atoms with E-state index in [-0.39, 0.29) is 0 Å². The van der Waals surface area contributed by atoms with Crippen LogP contribution >= 0.6 is 0 Å². The van der Waals surface area contributed by atoms with Crippen molar-refractivity contribution in [1.29, 1.82) is 0 Å². The fourth-order valence-corrected chi connectivity index (χ4v) is 1.15. The monoisotopic (exact) mass is 236 g/mol. The lowest BCUT2D eigenvalue weighted by Gasteiger charge is -2.23. The first kappa shape index (κ1) is 14.6. The Hall–Kier alpha value is -1.37. The molecular weight excluding hydrogens is 223 g/mol. The summed E-state index contributed by atoms with van der Waals surface area (Å²) >= 11 is 0. The van der Waals surface area contributed by atoms with E-state index in [4.69, 9.17) is 0 Å². The van der Waals surface area contributed by atoms with Gasteiger partial charge in [-0.1, -0.05) is 13.2 Å².